The molecule has 0 unspecified atom stereocenters. The third-order valence-electron chi connectivity index (χ3n) is 8.17. The number of aromatic nitrogens is 1. The smallest absolute Gasteiger partial charge is 0.312 e. The fraction of sp³-hybridized carbons (Fsp3) is 0.567. The van der Waals surface area contributed by atoms with E-state index < -0.39 is 17.6 Å². The maximum atomic E-state index is 13.3. The summed E-state index contributed by atoms with van der Waals surface area (Å²) >= 11 is 0. The summed E-state index contributed by atoms with van der Waals surface area (Å²) in [4.78, 5) is 35.1. The molecule has 1 aromatic heterocycles. The van der Waals surface area contributed by atoms with Crippen molar-refractivity contribution in [2.75, 3.05) is 32.8 Å². The van der Waals surface area contributed by atoms with Crippen LogP contribution in [-0.2, 0) is 27.3 Å². The lowest BCUT2D eigenvalue weighted by Crippen LogP contribution is -2.46. The average Bonchev–Trinajstić information content (AvgIpc) is 2.94. The molecule has 2 N–H and O–H groups in total. The number of hydrogen-bond donors (Lipinski definition) is 2. The molecule has 0 saturated carbocycles. The minimum absolute atomic E-state index is 0.0146. The molecule has 2 atom stereocenters. The molecule has 8 heteroatoms. The maximum Gasteiger partial charge on any atom is 0.312 e. The summed E-state index contributed by atoms with van der Waals surface area (Å²) in [6, 6.07) is 13.8. The number of pyridine rings is 1. The van der Waals surface area contributed by atoms with Gasteiger partial charge in [-0.1, -0.05) is 36.8 Å². The summed E-state index contributed by atoms with van der Waals surface area (Å²) in [5, 5.41) is 21.0. The van der Waals surface area contributed by atoms with Crippen molar-refractivity contribution >= 4 is 11.9 Å². The number of carbonyl (C=O) groups excluding carboxylic acids is 2. The molecular formula is C30H41N3O5. The molecule has 3 heterocycles. The van der Waals surface area contributed by atoms with Crippen LogP contribution in [0.5, 0.6) is 0 Å². The second-order valence-electron chi connectivity index (χ2n) is 10.8. The second kappa shape index (κ2) is 13.3. The van der Waals surface area contributed by atoms with Crippen LogP contribution in [0, 0.1) is 12.3 Å². The van der Waals surface area contributed by atoms with Crippen LogP contribution in [0.1, 0.15) is 55.3 Å². The summed E-state index contributed by atoms with van der Waals surface area (Å²) in [6.07, 6.45) is 3.67. The van der Waals surface area contributed by atoms with E-state index in [9.17, 15) is 19.8 Å². The first-order valence-corrected chi connectivity index (χ1v) is 13.8. The third-order valence-corrected chi connectivity index (χ3v) is 8.17. The van der Waals surface area contributed by atoms with E-state index in [4.69, 9.17) is 4.74 Å². The van der Waals surface area contributed by atoms with Gasteiger partial charge in [-0.25, -0.2) is 0 Å². The number of amides is 1. The Bertz CT molecular complexity index is 1050. The fourth-order valence-corrected chi connectivity index (χ4v) is 5.53. The van der Waals surface area contributed by atoms with E-state index in [1.54, 1.807) is 11.1 Å². The van der Waals surface area contributed by atoms with Gasteiger partial charge in [-0.3, -0.25) is 19.5 Å². The summed E-state index contributed by atoms with van der Waals surface area (Å²) < 4.78 is 5.59. The molecule has 2 fully saturated rings. The lowest BCUT2D eigenvalue weighted by molar-refractivity contribution is -0.165. The van der Waals surface area contributed by atoms with Gasteiger partial charge in [0.15, 0.2) is 0 Å². The number of hydrogen-bond acceptors (Lipinski definition) is 7. The van der Waals surface area contributed by atoms with E-state index in [0.717, 1.165) is 49.3 Å². The van der Waals surface area contributed by atoms with Gasteiger partial charge in [0.05, 0.1) is 23.6 Å². The molecule has 2 aromatic rings. The number of nitrogens with zero attached hydrogens (tertiary/aromatic N) is 3. The molecule has 2 aliphatic rings. The van der Waals surface area contributed by atoms with E-state index in [2.05, 4.69) is 9.88 Å². The van der Waals surface area contributed by atoms with Crippen molar-refractivity contribution in [3.63, 3.8) is 0 Å². The second-order valence-corrected chi connectivity index (χ2v) is 10.8. The van der Waals surface area contributed by atoms with Gasteiger partial charge in [0.2, 0.25) is 5.91 Å². The highest BCUT2D eigenvalue weighted by Crippen LogP contribution is 2.38. The van der Waals surface area contributed by atoms with Gasteiger partial charge in [-0.05, 0) is 75.4 Å². The van der Waals surface area contributed by atoms with Crippen molar-refractivity contribution in [2.24, 2.45) is 5.41 Å². The Labute approximate surface area is 225 Å². The van der Waals surface area contributed by atoms with E-state index in [1.165, 1.54) is 0 Å². The molecule has 0 aliphatic carbocycles. The third kappa shape index (κ3) is 7.40. The molecule has 1 spiro atoms. The van der Waals surface area contributed by atoms with Crippen LogP contribution in [0.4, 0.5) is 0 Å². The summed E-state index contributed by atoms with van der Waals surface area (Å²) in [5.41, 5.74) is 2.47. The quantitative estimate of drug-likeness (QED) is 0.594. The number of aryl methyl sites for hydroxylation is 1. The molecule has 2 saturated heterocycles. The Morgan fingerprint density at radius 3 is 2.50 bits per heavy atom. The minimum atomic E-state index is -1.19. The number of aliphatic hydroxyl groups excluding tert-OH is 2. The lowest BCUT2D eigenvalue weighted by atomic mass is 9.74. The molecule has 0 bridgehead atoms. The van der Waals surface area contributed by atoms with Crippen LogP contribution >= 0.6 is 0 Å². The Hall–Kier alpha value is -2.81. The van der Waals surface area contributed by atoms with Crippen LogP contribution in [0.2, 0.25) is 0 Å². The predicted octanol–water partition coefficient (Wildman–Crippen LogP) is 2.88. The van der Waals surface area contributed by atoms with E-state index in [1.807, 2.05) is 49.4 Å². The topological polar surface area (TPSA) is 103 Å². The SMILES string of the molecule is Cc1ccccc1CC(=O)N1CCCCC2(CCN(Cc3ccccn3)CC2)C(=O)OC[C@@H](O)[C@@H](O)CC1. The molecule has 206 valence electrons. The van der Waals surface area contributed by atoms with Crippen LogP contribution in [0.3, 0.4) is 0 Å². The van der Waals surface area contributed by atoms with E-state index in [0.29, 0.717) is 38.8 Å². The van der Waals surface area contributed by atoms with Crippen LogP contribution in [0.25, 0.3) is 0 Å². The van der Waals surface area contributed by atoms with Crippen molar-refractivity contribution in [3.05, 3.63) is 65.5 Å². The number of benzene rings is 1. The Kier molecular flexibility index (Phi) is 9.88. The van der Waals surface area contributed by atoms with Gasteiger partial charge in [-0.2, -0.15) is 0 Å². The number of cyclic esters (lactones) is 1. The van der Waals surface area contributed by atoms with Crippen LogP contribution < -0.4 is 0 Å². The van der Waals surface area contributed by atoms with Gasteiger partial charge in [0, 0.05) is 25.8 Å². The summed E-state index contributed by atoms with van der Waals surface area (Å²) in [6.45, 7) is 4.94. The number of rotatable bonds is 4. The molecule has 4 rings (SSSR count). The van der Waals surface area contributed by atoms with Crippen LogP contribution in [0.15, 0.2) is 48.7 Å². The molecule has 0 radical (unpaired) electrons. The zero-order valence-corrected chi connectivity index (χ0v) is 22.4. The first kappa shape index (κ1) is 28.2. The minimum Gasteiger partial charge on any atom is -0.462 e. The van der Waals surface area contributed by atoms with Gasteiger partial charge < -0.3 is 19.8 Å². The number of esters is 1. The highest BCUT2D eigenvalue weighted by atomic mass is 16.5. The van der Waals surface area contributed by atoms with Gasteiger partial charge in [-0.15, -0.1) is 0 Å². The van der Waals surface area contributed by atoms with E-state index >= 15 is 0 Å². The molecule has 2 aliphatic heterocycles. The monoisotopic (exact) mass is 523 g/mol. The number of ether oxygens (including phenoxy) is 1. The Morgan fingerprint density at radius 2 is 1.76 bits per heavy atom. The fourth-order valence-electron chi connectivity index (χ4n) is 5.53. The first-order chi connectivity index (χ1) is 18.4. The van der Waals surface area contributed by atoms with Crippen LogP contribution in [-0.4, -0.2) is 81.9 Å². The lowest BCUT2D eigenvalue weighted by Gasteiger charge is -2.40. The molecule has 1 amide bonds. The van der Waals surface area contributed by atoms with Crippen molar-refractivity contribution in [3.8, 4) is 0 Å². The van der Waals surface area contributed by atoms with Crippen molar-refractivity contribution in [2.45, 2.75) is 70.6 Å². The predicted molar refractivity (Wildman–Crippen MR) is 144 cm³/mol. The zero-order chi connectivity index (χ0) is 27.0. The maximum absolute atomic E-state index is 13.3. The van der Waals surface area contributed by atoms with Crippen molar-refractivity contribution in [1.29, 1.82) is 0 Å². The molecule has 8 nitrogen and oxygen atoms in total. The summed E-state index contributed by atoms with van der Waals surface area (Å²) in [7, 11) is 0. The van der Waals surface area contributed by atoms with Gasteiger partial charge >= 0.3 is 5.97 Å². The number of aliphatic hydroxyl groups is 2. The highest BCUT2D eigenvalue weighted by molar-refractivity contribution is 5.79. The largest absolute Gasteiger partial charge is 0.462 e. The standard InChI is InChI=1S/C30H41N3O5/c1-23-8-2-3-9-24(23)20-28(36)33-16-7-5-12-30(29(37)38-22-27(35)26(34)11-17-33)13-18-32(19-14-30)21-25-10-4-6-15-31-25/h2-4,6,8-10,15,26-27,34-35H,5,7,11-14,16-22H2,1H3/t26-,27+/m0/s1. The first-order valence-electron chi connectivity index (χ1n) is 13.8. The van der Waals surface area contributed by atoms with Crippen molar-refractivity contribution < 1.29 is 24.5 Å². The number of likely N-dealkylation sites (tertiary alicyclic amines) is 1. The zero-order valence-electron chi connectivity index (χ0n) is 22.4. The molecular weight excluding hydrogens is 482 g/mol. The highest BCUT2D eigenvalue weighted by Gasteiger charge is 2.42. The van der Waals surface area contributed by atoms with E-state index in [-0.39, 0.29) is 24.9 Å². The number of carbonyl (C=O) groups is 2. The molecule has 1 aromatic carbocycles. The Balaban J connectivity index is 1.41. The van der Waals surface area contributed by atoms with Gasteiger partial charge in [0.1, 0.15) is 12.7 Å². The molecule has 38 heavy (non-hydrogen) atoms. The normalized spacial score (nSPS) is 23.7. The van der Waals surface area contributed by atoms with Crippen molar-refractivity contribution in [1.82, 2.24) is 14.8 Å². The summed E-state index contributed by atoms with van der Waals surface area (Å²) in [5.74, 6) is -0.270. The van der Waals surface area contributed by atoms with Gasteiger partial charge in [0.25, 0.3) is 0 Å². The Morgan fingerprint density at radius 1 is 1.00 bits per heavy atom. The number of piperidine rings is 1. The average molecular weight is 524 g/mol.